The number of likely N-dealkylation sites (N-methyl/N-ethyl adjacent to an activating group) is 1. The number of hydrogen-bond donors (Lipinski definition) is 1. The van der Waals surface area contributed by atoms with Gasteiger partial charge in [-0.25, -0.2) is 0 Å². The van der Waals surface area contributed by atoms with Crippen LogP contribution in [0.3, 0.4) is 0 Å². The second-order valence-electron chi connectivity index (χ2n) is 4.67. The molecule has 1 amide bonds. The van der Waals surface area contributed by atoms with E-state index in [9.17, 15) is 15.2 Å². The van der Waals surface area contributed by atoms with E-state index in [0.717, 1.165) is 5.56 Å². The highest BCUT2D eigenvalue weighted by Gasteiger charge is 2.38. The molecule has 1 aromatic rings. The zero-order chi connectivity index (χ0) is 14.9. The van der Waals surface area contributed by atoms with E-state index in [1.54, 1.807) is 20.0 Å². The standard InChI is InChI=1S/C15H16N2O3/c1-4-20-15(19)12(8-16)13-10-6-5-9(2)7-11(10)14(18)17(13)3/h5-7,13,19H,4H2,1-3H3/b15-12-. The maximum Gasteiger partial charge on any atom is 0.293 e. The van der Waals surface area contributed by atoms with Crippen molar-refractivity contribution in [2.75, 3.05) is 13.7 Å². The largest absolute Gasteiger partial charge is 0.480 e. The first-order chi connectivity index (χ1) is 9.51. The first-order valence-corrected chi connectivity index (χ1v) is 6.35. The minimum Gasteiger partial charge on any atom is -0.480 e. The Hall–Kier alpha value is -2.48. The highest BCUT2D eigenvalue weighted by atomic mass is 16.6. The Bertz CT molecular complexity index is 628. The number of aryl methyl sites for hydroxylation is 1. The molecule has 5 heteroatoms. The molecule has 0 aliphatic carbocycles. The zero-order valence-corrected chi connectivity index (χ0v) is 11.7. The monoisotopic (exact) mass is 272 g/mol. The lowest BCUT2D eigenvalue weighted by Gasteiger charge is -2.20. The van der Waals surface area contributed by atoms with Gasteiger partial charge in [0.2, 0.25) is 0 Å². The predicted octanol–water partition coefficient (Wildman–Crippen LogP) is 2.45. The van der Waals surface area contributed by atoms with Crippen LogP contribution >= 0.6 is 0 Å². The molecule has 1 unspecified atom stereocenters. The van der Waals surface area contributed by atoms with E-state index in [0.29, 0.717) is 11.1 Å². The quantitative estimate of drug-likeness (QED) is 0.677. The van der Waals surface area contributed by atoms with Crippen LogP contribution in [0.4, 0.5) is 0 Å². The highest BCUT2D eigenvalue weighted by molar-refractivity contribution is 5.99. The summed E-state index contributed by atoms with van der Waals surface area (Å²) in [5.41, 5.74) is 2.30. The molecule has 1 aliphatic rings. The molecule has 5 nitrogen and oxygen atoms in total. The second kappa shape index (κ2) is 5.25. The molecule has 0 saturated carbocycles. The van der Waals surface area contributed by atoms with E-state index in [4.69, 9.17) is 4.74 Å². The lowest BCUT2D eigenvalue weighted by molar-refractivity contribution is 0.0760. The molecule has 0 fully saturated rings. The molecule has 2 rings (SSSR count). The molecular formula is C15H16N2O3. The Morgan fingerprint density at radius 1 is 1.55 bits per heavy atom. The van der Waals surface area contributed by atoms with Gasteiger partial charge in [-0.3, -0.25) is 4.79 Å². The van der Waals surface area contributed by atoms with Crippen molar-refractivity contribution in [3.8, 4) is 6.07 Å². The molecule has 0 bridgehead atoms. The van der Waals surface area contributed by atoms with Crippen LogP contribution in [0.15, 0.2) is 29.7 Å². The van der Waals surface area contributed by atoms with Gasteiger partial charge in [0.1, 0.15) is 17.7 Å². The van der Waals surface area contributed by atoms with Crippen molar-refractivity contribution >= 4 is 5.91 Å². The molecule has 1 aromatic carbocycles. The number of hydrogen-bond acceptors (Lipinski definition) is 4. The summed E-state index contributed by atoms with van der Waals surface area (Å²) in [6.45, 7) is 3.87. The molecule has 104 valence electrons. The van der Waals surface area contributed by atoms with Crippen LogP contribution in [0.5, 0.6) is 0 Å². The predicted molar refractivity (Wildman–Crippen MR) is 72.9 cm³/mol. The van der Waals surface area contributed by atoms with E-state index in [1.807, 2.05) is 25.1 Å². The summed E-state index contributed by atoms with van der Waals surface area (Å²) in [5.74, 6) is -0.584. The summed E-state index contributed by atoms with van der Waals surface area (Å²) < 4.78 is 5.00. The summed E-state index contributed by atoms with van der Waals surface area (Å²) in [5, 5.41) is 19.1. The molecule has 20 heavy (non-hydrogen) atoms. The van der Waals surface area contributed by atoms with Gasteiger partial charge in [0.25, 0.3) is 11.9 Å². The van der Waals surface area contributed by atoms with E-state index >= 15 is 0 Å². The number of benzene rings is 1. The Kier molecular flexibility index (Phi) is 3.66. The first-order valence-electron chi connectivity index (χ1n) is 6.35. The van der Waals surface area contributed by atoms with Crippen LogP contribution in [-0.2, 0) is 4.74 Å². The van der Waals surface area contributed by atoms with Crippen LogP contribution in [0.2, 0.25) is 0 Å². The maximum atomic E-state index is 12.2. The Balaban J connectivity index is 2.57. The number of aliphatic hydroxyl groups excluding tert-OH is 1. The van der Waals surface area contributed by atoms with Gasteiger partial charge in [-0.05, 0) is 25.5 Å². The highest BCUT2D eigenvalue weighted by Crippen LogP contribution is 2.38. The van der Waals surface area contributed by atoms with E-state index in [1.165, 1.54) is 4.90 Å². The second-order valence-corrected chi connectivity index (χ2v) is 4.67. The molecule has 1 aliphatic heterocycles. The number of carbonyl (C=O) groups excluding carboxylic acids is 1. The third-order valence-corrected chi connectivity index (χ3v) is 3.35. The molecule has 0 aromatic heterocycles. The average molecular weight is 272 g/mol. The van der Waals surface area contributed by atoms with Gasteiger partial charge < -0.3 is 14.7 Å². The van der Waals surface area contributed by atoms with Gasteiger partial charge in [-0.2, -0.15) is 5.26 Å². The maximum absolute atomic E-state index is 12.2. The van der Waals surface area contributed by atoms with Crippen LogP contribution < -0.4 is 0 Å². The summed E-state index contributed by atoms with van der Waals surface area (Å²) in [6.07, 6.45) is 0. The van der Waals surface area contributed by atoms with Crippen LogP contribution in [0.25, 0.3) is 0 Å². The van der Waals surface area contributed by atoms with Crippen molar-refractivity contribution in [3.63, 3.8) is 0 Å². The number of aliphatic hydroxyl groups is 1. The Labute approximate surface area is 117 Å². The number of nitriles is 1. The van der Waals surface area contributed by atoms with Crippen molar-refractivity contribution in [2.24, 2.45) is 0 Å². The smallest absolute Gasteiger partial charge is 0.293 e. The van der Waals surface area contributed by atoms with Crippen molar-refractivity contribution < 1.29 is 14.6 Å². The van der Waals surface area contributed by atoms with E-state index in [2.05, 4.69) is 0 Å². The molecule has 1 atom stereocenters. The molecule has 1 heterocycles. The van der Waals surface area contributed by atoms with Crippen molar-refractivity contribution in [1.82, 2.24) is 4.90 Å². The average Bonchev–Trinajstić information content (AvgIpc) is 2.65. The van der Waals surface area contributed by atoms with E-state index in [-0.39, 0.29) is 18.1 Å². The van der Waals surface area contributed by atoms with Gasteiger partial charge >= 0.3 is 0 Å². The topological polar surface area (TPSA) is 73.6 Å². The fourth-order valence-corrected chi connectivity index (χ4v) is 2.40. The molecular weight excluding hydrogens is 256 g/mol. The van der Waals surface area contributed by atoms with Gasteiger partial charge in [0.05, 0.1) is 6.61 Å². The molecule has 0 radical (unpaired) electrons. The van der Waals surface area contributed by atoms with Crippen LogP contribution in [0, 0.1) is 18.3 Å². The fourth-order valence-electron chi connectivity index (χ4n) is 2.40. The third kappa shape index (κ3) is 2.10. The summed E-state index contributed by atoms with van der Waals surface area (Å²) >= 11 is 0. The van der Waals surface area contributed by atoms with Crippen molar-refractivity contribution in [1.29, 1.82) is 5.26 Å². The van der Waals surface area contributed by atoms with E-state index < -0.39 is 12.0 Å². The van der Waals surface area contributed by atoms with Crippen molar-refractivity contribution in [3.05, 3.63) is 46.4 Å². The fraction of sp³-hybridized carbons (Fsp3) is 0.333. The zero-order valence-electron chi connectivity index (χ0n) is 11.7. The number of nitrogens with zero attached hydrogens (tertiary/aromatic N) is 2. The summed E-state index contributed by atoms with van der Waals surface area (Å²) in [6, 6.07) is 6.83. The Morgan fingerprint density at radius 3 is 2.85 bits per heavy atom. The minimum absolute atomic E-state index is 0.0466. The number of fused-ring (bicyclic) bond motifs is 1. The summed E-state index contributed by atoms with van der Waals surface area (Å²) in [4.78, 5) is 13.7. The molecule has 0 spiro atoms. The number of carbonyl (C=O) groups is 1. The third-order valence-electron chi connectivity index (χ3n) is 3.35. The van der Waals surface area contributed by atoms with Gasteiger partial charge in [0.15, 0.2) is 0 Å². The minimum atomic E-state index is -0.602. The van der Waals surface area contributed by atoms with Gasteiger partial charge in [-0.1, -0.05) is 17.7 Å². The molecule has 0 saturated heterocycles. The SMILES string of the molecule is CCO/C(O)=C(/C#N)C1c2ccc(C)cc2C(=O)N1C. The number of amides is 1. The number of rotatable bonds is 3. The Morgan fingerprint density at radius 2 is 2.25 bits per heavy atom. The summed E-state index contributed by atoms with van der Waals surface area (Å²) in [7, 11) is 1.61. The number of ether oxygens (including phenoxy) is 1. The lowest BCUT2D eigenvalue weighted by atomic mass is 9.97. The van der Waals surface area contributed by atoms with Gasteiger partial charge in [0, 0.05) is 12.6 Å². The first kappa shape index (κ1) is 13.9. The normalized spacial score (nSPS) is 18.4. The van der Waals surface area contributed by atoms with Crippen LogP contribution in [0.1, 0.15) is 34.5 Å². The molecule has 1 N–H and O–H groups in total. The van der Waals surface area contributed by atoms with Gasteiger partial charge in [-0.15, -0.1) is 0 Å². The van der Waals surface area contributed by atoms with Crippen LogP contribution in [-0.4, -0.2) is 29.6 Å². The van der Waals surface area contributed by atoms with Crippen molar-refractivity contribution in [2.45, 2.75) is 19.9 Å². The lowest BCUT2D eigenvalue weighted by Crippen LogP contribution is -2.25.